The Hall–Kier alpha value is 0.216. The second-order valence-electron chi connectivity index (χ2n) is 3.84. The molecule has 14 heavy (non-hydrogen) atoms. The van der Waals surface area contributed by atoms with Crippen LogP contribution < -0.4 is 0 Å². The van der Waals surface area contributed by atoms with E-state index in [-0.39, 0.29) is 0 Å². The Bertz CT molecular complexity index is 356. The van der Waals surface area contributed by atoms with Crippen LogP contribution in [0, 0.1) is 11.8 Å². The van der Waals surface area contributed by atoms with Crippen molar-refractivity contribution in [1.29, 1.82) is 0 Å². The Kier molecular flexibility index (Phi) is 4.69. The number of rotatable bonds is 2. The third-order valence-electron chi connectivity index (χ3n) is 1.42. The fourth-order valence-corrected chi connectivity index (χ4v) is 3.71. The average molecular weight is 336 g/mol. The molecule has 1 nitrogen and oxygen atoms in total. The normalized spacial score (nSPS) is 10.9. The van der Waals surface area contributed by atoms with Crippen LogP contribution in [0.15, 0.2) is 14.4 Å². The van der Waals surface area contributed by atoms with Gasteiger partial charge in [-0.05, 0) is 0 Å². The van der Waals surface area contributed by atoms with E-state index < -0.39 is 8.32 Å². The van der Waals surface area contributed by atoms with E-state index in [2.05, 4.69) is 57.3 Å². The molecular formula is C10H13BrOSeSi. The molecule has 0 bridgehead atoms. The summed E-state index contributed by atoms with van der Waals surface area (Å²) in [7, 11) is -1.40. The second-order valence-corrected chi connectivity index (χ2v) is 10.8. The molecular weight excluding hydrogens is 323 g/mol. The first-order valence-corrected chi connectivity index (χ1v) is 10.5. The maximum atomic E-state index is 5.63. The standard InChI is InChI=1S/C10H13BrOSeSi/c1-14(2,3)12-6-4-5-9-7-13-8-10(9)11/h7-8H,6H2,1-3H3. The predicted molar refractivity (Wildman–Crippen MR) is 67.3 cm³/mol. The van der Waals surface area contributed by atoms with Crippen LogP contribution in [0.2, 0.25) is 19.6 Å². The first-order valence-electron chi connectivity index (χ1n) is 4.33. The summed E-state index contributed by atoms with van der Waals surface area (Å²) in [5.41, 5.74) is 1.11. The molecule has 0 N–H and O–H groups in total. The van der Waals surface area contributed by atoms with Gasteiger partial charge in [0.25, 0.3) is 0 Å². The molecule has 0 atom stereocenters. The molecule has 0 aliphatic rings. The fraction of sp³-hybridized carbons (Fsp3) is 0.400. The van der Waals surface area contributed by atoms with Crippen LogP contribution in [0.5, 0.6) is 0 Å². The molecule has 0 aromatic carbocycles. The molecule has 1 aromatic heterocycles. The van der Waals surface area contributed by atoms with Crippen LogP contribution >= 0.6 is 15.9 Å². The summed E-state index contributed by atoms with van der Waals surface area (Å²) in [6.07, 6.45) is 0. The Morgan fingerprint density at radius 3 is 2.64 bits per heavy atom. The van der Waals surface area contributed by atoms with Crippen molar-refractivity contribution in [2.75, 3.05) is 6.61 Å². The molecule has 0 spiro atoms. The minimum absolute atomic E-state index is 0.489. The van der Waals surface area contributed by atoms with Gasteiger partial charge in [0.15, 0.2) is 0 Å². The monoisotopic (exact) mass is 336 g/mol. The number of halogens is 1. The van der Waals surface area contributed by atoms with Crippen molar-refractivity contribution < 1.29 is 4.43 Å². The van der Waals surface area contributed by atoms with Crippen LogP contribution in [0.25, 0.3) is 0 Å². The SMILES string of the molecule is C[Si](C)(C)OCC#Cc1c[se]cc1Br. The van der Waals surface area contributed by atoms with Gasteiger partial charge in [-0.2, -0.15) is 0 Å². The molecule has 4 heteroatoms. The van der Waals surface area contributed by atoms with Gasteiger partial charge in [0, 0.05) is 0 Å². The van der Waals surface area contributed by atoms with E-state index in [9.17, 15) is 0 Å². The summed E-state index contributed by atoms with van der Waals surface area (Å²) in [6.45, 7) is 7.06. The van der Waals surface area contributed by atoms with Gasteiger partial charge in [-0.1, -0.05) is 0 Å². The summed E-state index contributed by atoms with van der Waals surface area (Å²) in [4.78, 5) is 4.36. The molecule has 0 saturated heterocycles. The van der Waals surface area contributed by atoms with Gasteiger partial charge in [0.1, 0.15) is 0 Å². The van der Waals surface area contributed by atoms with Gasteiger partial charge in [-0.25, -0.2) is 0 Å². The van der Waals surface area contributed by atoms with Crippen molar-refractivity contribution in [3.05, 3.63) is 19.9 Å². The van der Waals surface area contributed by atoms with E-state index in [0.717, 1.165) is 10.0 Å². The summed E-state index contributed by atoms with van der Waals surface area (Å²) < 4.78 is 6.77. The third kappa shape index (κ3) is 4.63. The van der Waals surface area contributed by atoms with Crippen LogP contribution in [0.3, 0.4) is 0 Å². The van der Waals surface area contributed by atoms with Crippen molar-refractivity contribution in [3.63, 3.8) is 0 Å². The van der Waals surface area contributed by atoms with E-state index in [4.69, 9.17) is 4.43 Å². The summed E-state index contributed by atoms with van der Waals surface area (Å²) in [5, 5.41) is 0. The molecule has 0 radical (unpaired) electrons. The fourth-order valence-electron chi connectivity index (χ4n) is 0.755. The van der Waals surface area contributed by atoms with Gasteiger partial charge in [0.2, 0.25) is 0 Å². The third-order valence-corrected chi connectivity index (χ3v) is 5.32. The molecule has 1 aromatic rings. The molecule has 1 rings (SSSR count). The van der Waals surface area contributed by atoms with Crippen LogP contribution in [0.4, 0.5) is 0 Å². The van der Waals surface area contributed by atoms with E-state index in [0.29, 0.717) is 21.1 Å². The number of hydrogen-bond acceptors (Lipinski definition) is 1. The quantitative estimate of drug-likeness (QED) is 0.596. The van der Waals surface area contributed by atoms with Gasteiger partial charge < -0.3 is 0 Å². The molecule has 0 unspecified atom stereocenters. The van der Waals surface area contributed by atoms with E-state index in [1.165, 1.54) is 0 Å². The van der Waals surface area contributed by atoms with Crippen molar-refractivity contribution in [2.45, 2.75) is 19.6 Å². The Morgan fingerprint density at radius 2 is 2.14 bits per heavy atom. The van der Waals surface area contributed by atoms with E-state index in [1.54, 1.807) is 0 Å². The van der Waals surface area contributed by atoms with Crippen LogP contribution in [-0.2, 0) is 4.43 Å². The predicted octanol–water partition coefficient (Wildman–Crippen LogP) is 2.71. The molecule has 0 aliphatic carbocycles. The summed E-state index contributed by atoms with van der Waals surface area (Å²) in [5.74, 6) is 6.16. The first kappa shape index (κ1) is 12.3. The van der Waals surface area contributed by atoms with Gasteiger partial charge in [0.05, 0.1) is 0 Å². The Morgan fingerprint density at radius 1 is 1.43 bits per heavy atom. The second kappa shape index (κ2) is 5.34. The summed E-state index contributed by atoms with van der Waals surface area (Å²) in [6, 6.07) is 0. The van der Waals surface area contributed by atoms with Crippen LogP contribution in [-0.4, -0.2) is 29.4 Å². The Labute approximate surface area is 101 Å². The first-order chi connectivity index (χ1) is 6.49. The van der Waals surface area contributed by atoms with Crippen molar-refractivity contribution in [1.82, 2.24) is 0 Å². The van der Waals surface area contributed by atoms with Crippen molar-refractivity contribution in [3.8, 4) is 11.8 Å². The topological polar surface area (TPSA) is 9.23 Å². The number of hydrogen-bond donors (Lipinski definition) is 0. The van der Waals surface area contributed by atoms with Gasteiger partial charge in [-0.3, -0.25) is 0 Å². The van der Waals surface area contributed by atoms with Crippen LogP contribution in [0.1, 0.15) is 5.56 Å². The van der Waals surface area contributed by atoms with E-state index in [1.807, 2.05) is 0 Å². The van der Waals surface area contributed by atoms with Gasteiger partial charge in [-0.15, -0.1) is 0 Å². The molecule has 76 valence electrons. The van der Waals surface area contributed by atoms with Crippen molar-refractivity contribution >= 4 is 38.8 Å². The molecule has 0 fully saturated rings. The molecule has 0 aliphatic heterocycles. The molecule has 0 saturated carbocycles. The van der Waals surface area contributed by atoms with Crippen molar-refractivity contribution in [2.24, 2.45) is 0 Å². The van der Waals surface area contributed by atoms with Gasteiger partial charge >= 0.3 is 101 Å². The zero-order chi connectivity index (χ0) is 10.6. The Balaban J connectivity index is 2.46. The maximum absolute atomic E-state index is 5.63. The average Bonchev–Trinajstić information content (AvgIpc) is 2.44. The zero-order valence-electron chi connectivity index (χ0n) is 8.56. The minimum atomic E-state index is -1.40. The van der Waals surface area contributed by atoms with E-state index >= 15 is 0 Å². The molecule has 1 heterocycles. The zero-order valence-corrected chi connectivity index (χ0v) is 12.9. The summed E-state index contributed by atoms with van der Waals surface area (Å²) >= 11 is 3.96. The molecule has 0 amide bonds.